The first-order valence-corrected chi connectivity index (χ1v) is 3.77. The van der Waals surface area contributed by atoms with Gasteiger partial charge in [0.2, 0.25) is 12.3 Å². The lowest BCUT2D eigenvalue weighted by molar-refractivity contribution is -0.105. The van der Waals surface area contributed by atoms with E-state index in [1.165, 1.54) is 0 Å². The van der Waals surface area contributed by atoms with Crippen LogP contribution in [0.15, 0.2) is 18.2 Å². The van der Waals surface area contributed by atoms with Gasteiger partial charge >= 0.3 is 0 Å². The predicted octanol–water partition coefficient (Wildman–Crippen LogP) is 0.0210. The molecule has 0 aliphatic carbocycles. The third-order valence-electron chi connectivity index (χ3n) is 1.27. The van der Waals surface area contributed by atoms with Gasteiger partial charge in [-0.05, 0) is 6.07 Å². The molecule has 0 saturated carbocycles. The summed E-state index contributed by atoms with van der Waals surface area (Å²) in [5.41, 5.74) is 0. The van der Waals surface area contributed by atoms with Gasteiger partial charge in [-0.2, -0.15) is 4.98 Å². The molecule has 0 fully saturated rings. The maximum absolute atomic E-state index is 10.1. The third kappa shape index (κ3) is 3.08. The van der Waals surface area contributed by atoms with Crippen LogP contribution in [-0.2, 0) is 4.79 Å². The van der Waals surface area contributed by atoms with E-state index in [0.29, 0.717) is 18.1 Å². The Balaban J connectivity index is 2.61. The Hall–Kier alpha value is -1.62. The summed E-state index contributed by atoms with van der Waals surface area (Å²) in [5, 5.41) is 10.9. The van der Waals surface area contributed by atoms with Crippen molar-refractivity contribution in [2.75, 3.05) is 18.5 Å². The Bertz CT molecular complexity index is 278. The van der Waals surface area contributed by atoms with Crippen molar-refractivity contribution in [3.63, 3.8) is 0 Å². The van der Waals surface area contributed by atoms with Gasteiger partial charge in [0.1, 0.15) is 12.4 Å². The number of aromatic nitrogens is 1. The largest absolute Gasteiger partial charge is 0.475 e. The number of aliphatic hydroxyl groups excluding tert-OH is 1. The molecule has 0 atom stereocenters. The highest BCUT2D eigenvalue weighted by atomic mass is 16.5. The van der Waals surface area contributed by atoms with Gasteiger partial charge in [0.05, 0.1) is 6.61 Å². The van der Waals surface area contributed by atoms with Crippen LogP contribution in [-0.4, -0.2) is 29.7 Å². The number of hydrogen-bond donors (Lipinski definition) is 2. The standard InChI is InChI=1S/C8H10N2O3/c11-4-5-13-8-3-1-2-7(10-8)9-6-12/h1-3,6,11H,4-5H2,(H,9,10,12). The Morgan fingerprint density at radius 3 is 3.15 bits per heavy atom. The smallest absolute Gasteiger partial charge is 0.215 e. The second-order valence-electron chi connectivity index (χ2n) is 2.20. The molecule has 0 aromatic carbocycles. The van der Waals surface area contributed by atoms with Gasteiger partial charge in [0, 0.05) is 6.07 Å². The van der Waals surface area contributed by atoms with Gasteiger partial charge in [-0.25, -0.2) is 0 Å². The summed E-state index contributed by atoms with van der Waals surface area (Å²) in [6.45, 7) is 0.130. The van der Waals surface area contributed by atoms with Gasteiger partial charge in [0.25, 0.3) is 0 Å². The Kier molecular flexibility index (Phi) is 3.72. The summed E-state index contributed by atoms with van der Waals surface area (Å²) in [5.74, 6) is 0.798. The number of aliphatic hydroxyl groups is 1. The molecule has 1 aromatic rings. The van der Waals surface area contributed by atoms with Crippen LogP contribution in [0.2, 0.25) is 0 Å². The van der Waals surface area contributed by atoms with Gasteiger partial charge in [-0.1, -0.05) is 6.07 Å². The lowest BCUT2D eigenvalue weighted by Gasteiger charge is -2.03. The number of rotatable bonds is 5. The molecule has 0 saturated heterocycles. The Morgan fingerprint density at radius 1 is 1.62 bits per heavy atom. The van der Waals surface area contributed by atoms with Crippen molar-refractivity contribution in [2.45, 2.75) is 0 Å². The van der Waals surface area contributed by atoms with E-state index in [1.54, 1.807) is 18.2 Å². The van der Waals surface area contributed by atoms with Crippen LogP contribution >= 0.6 is 0 Å². The van der Waals surface area contributed by atoms with Crippen LogP contribution in [0.5, 0.6) is 5.88 Å². The van der Waals surface area contributed by atoms with Crippen molar-refractivity contribution < 1.29 is 14.6 Å². The first-order chi connectivity index (χ1) is 6.36. The summed E-state index contributed by atoms with van der Waals surface area (Å²) in [7, 11) is 0. The minimum atomic E-state index is -0.0625. The maximum atomic E-state index is 10.1. The minimum absolute atomic E-state index is 0.0625. The summed E-state index contributed by atoms with van der Waals surface area (Å²) in [6, 6.07) is 4.98. The van der Waals surface area contributed by atoms with Crippen LogP contribution < -0.4 is 10.1 Å². The molecule has 0 spiro atoms. The number of hydrogen-bond acceptors (Lipinski definition) is 4. The van der Waals surface area contributed by atoms with Crippen LogP contribution in [0.3, 0.4) is 0 Å². The zero-order valence-corrected chi connectivity index (χ0v) is 6.93. The fourth-order valence-corrected chi connectivity index (χ4v) is 0.786. The molecule has 13 heavy (non-hydrogen) atoms. The SMILES string of the molecule is O=CNc1cccc(OCCO)n1. The van der Waals surface area contributed by atoms with E-state index < -0.39 is 0 Å². The quantitative estimate of drug-likeness (QED) is 0.630. The first kappa shape index (κ1) is 9.47. The highest BCUT2D eigenvalue weighted by Gasteiger charge is 1.96. The summed E-state index contributed by atoms with van der Waals surface area (Å²) in [6.07, 6.45) is 0.540. The van der Waals surface area contributed by atoms with Crippen LogP contribution in [0.25, 0.3) is 0 Å². The molecule has 5 nitrogen and oxygen atoms in total. The van der Waals surface area contributed by atoms with E-state index in [0.717, 1.165) is 0 Å². The molecule has 70 valence electrons. The molecule has 1 aromatic heterocycles. The molecule has 0 aliphatic rings. The lowest BCUT2D eigenvalue weighted by Crippen LogP contribution is -2.04. The van der Waals surface area contributed by atoms with E-state index in [2.05, 4.69) is 10.3 Å². The molecule has 0 unspecified atom stereocenters. The number of pyridine rings is 1. The second-order valence-corrected chi connectivity index (χ2v) is 2.20. The number of anilines is 1. The number of nitrogens with zero attached hydrogens (tertiary/aromatic N) is 1. The molecular formula is C8H10N2O3. The van der Waals surface area contributed by atoms with Crippen molar-refractivity contribution in [1.29, 1.82) is 0 Å². The highest BCUT2D eigenvalue weighted by molar-refractivity contribution is 5.68. The van der Waals surface area contributed by atoms with Gasteiger partial charge in [0.15, 0.2) is 0 Å². The number of carbonyl (C=O) groups excluding carboxylic acids is 1. The molecule has 0 aliphatic heterocycles. The number of amides is 1. The van der Waals surface area contributed by atoms with Gasteiger partial charge < -0.3 is 15.2 Å². The monoisotopic (exact) mass is 182 g/mol. The van der Waals surface area contributed by atoms with E-state index in [-0.39, 0.29) is 13.2 Å². The maximum Gasteiger partial charge on any atom is 0.215 e. The number of nitrogens with one attached hydrogen (secondary N) is 1. The van der Waals surface area contributed by atoms with E-state index >= 15 is 0 Å². The fraction of sp³-hybridized carbons (Fsp3) is 0.250. The van der Waals surface area contributed by atoms with Gasteiger partial charge in [-0.3, -0.25) is 4.79 Å². The summed E-state index contributed by atoms with van der Waals surface area (Å²) >= 11 is 0. The zero-order chi connectivity index (χ0) is 9.52. The Morgan fingerprint density at radius 2 is 2.46 bits per heavy atom. The van der Waals surface area contributed by atoms with Crippen LogP contribution in [0, 0.1) is 0 Å². The molecule has 0 radical (unpaired) electrons. The molecule has 2 N–H and O–H groups in total. The molecule has 1 heterocycles. The Labute approximate surface area is 75.4 Å². The van der Waals surface area contributed by atoms with E-state index in [9.17, 15) is 4.79 Å². The molecule has 5 heteroatoms. The van der Waals surface area contributed by atoms with Crippen molar-refractivity contribution in [1.82, 2.24) is 4.98 Å². The number of carbonyl (C=O) groups is 1. The zero-order valence-electron chi connectivity index (χ0n) is 6.93. The fourth-order valence-electron chi connectivity index (χ4n) is 0.786. The molecule has 0 bridgehead atoms. The molecule has 1 rings (SSSR count). The van der Waals surface area contributed by atoms with Crippen LogP contribution in [0.4, 0.5) is 5.82 Å². The second kappa shape index (κ2) is 5.10. The topological polar surface area (TPSA) is 71.5 Å². The van der Waals surface area contributed by atoms with Crippen molar-refractivity contribution >= 4 is 12.2 Å². The highest BCUT2D eigenvalue weighted by Crippen LogP contribution is 2.10. The van der Waals surface area contributed by atoms with Gasteiger partial charge in [-0.15, -0.1) is 0 Å². The molecule has 1 amide bonds. The summed E-state index contributed by atoms with van der Waals surface area (Å²) < 4.78 is 5.03. The lowest BCUT2D eigenvalue weighted by atomic mass is 10.4. The predicted molar refractivity (Wildman–Crippen MR) is 46.5 cm³/mol. The third-order valence-corrected chi connectivity index (χ3v) is 1.27. The van der Waals surface area contributed by atoms with Crippen LogP contribution in [0.1, 0.15) is 0 Å². The first-order valence-electron chi connectivity index (χ1n) is 3.77. The normalized spacial score (nSPS) is 9.31. The summed E-state index contributed by atoms with van der Waals surface area (Å²) in [4.78, 5) is 14.0. The van der Waals surface area contributed by atoms with E-state index in [1.807, 2.05) is 0 Å². The van der Waals surface area contributed by atoms with Crippen molar-refractivity contribution in [2.24, 2.45) is 0 Å². The molecular weight excluding hydrogens is 172 g/mol. The average molecular weight is 182 g/mol. The minimum Gasteiger partial charge on any atom is -0.475 e. The average Bonchev–Trinajstić information content (AvgIpc) is 2.16. The van der Waals surface area contributed by atoms with E-state index in [4.69, 9.17) is 9.84 Å². The van der Waals surface area contributed by atoms with Crippen molar-refractivity contribution in [3.05, 3.63) is 18.2 Å². The number of ether oxygens (including phenoxy) is 1. The van der Waals surface area contributed by atoms with Crippen molar-refractivity contribution in [3.8, 4) is 5.88 Å².